The quantitative estimate of drug-likeness (QED) is 0.844. The van der Waals surface area contributed by atoms with Crippen molar-refractivity contribution in [1.82, 2.24) is 9.97 Å². The van der Waals surface area contributed by atoms with Gasteiger partial charge >= 0.3 is 0 Å². The molecular weight excluding hydrogens is 328 g/mol. The lowest BCUT2D eigenvalue weighted by Gasteiger charge is -2.18. The SMILES string of the molecule is CCc1nc(Br)cc(Nc2ccc(N3CCCC3)cc2)n1. The molecule has 1 aliphatic rings. The van der Waals surface area contributed by atoms with Crippen LogP contribution in [0.5, 0.6) is 0 Å². The molecule has 0 bridgehead atoms. The Balaban J connectivity index is 1.74. The van der Waals surface area contributed by atoms with Gasteiger partial charge in [0.15, 0.2) is 0 Å². The number of hydrogen-bond acceptors (Lipinski definition) is 4. The zero-order chi connectivity index (χ0) is 14.7. The smallest absolute Gasteiger partial charge is 0.135 e. The number of hydrogen-bond donors (Lipinski definition) is 1. The maximum atomic E-state index is 4.48. The van der Waals surface area contributed by atoms with Crippen LogP contribution >= 0.6 is 15.9 Å². The number of rotatable bonds is 4. The van der Waals surface area contributed by atoms with Crippen molar-refractivity contribution in [3.05, 3.63) is 40.8 Å². The van der Waals surface area contributed by atoms with Crippen molar-refractivity contribution in [2.24, 2.45) is 0 Å². The zero-order valence-electron chi connectivity index (χ0n) is 12.1. The van der Waals surface area contributed by atoms with Crippen LogP contribution in [0.25, 0.3) is 0 Å². The van der Waals surface area contributed by atoms with E-state index < -0.39 is 0 Å². The summed E-state index contributed by atoms with van der Waals surface area (Å²) in [5.74, 6) is 1.66. The standard InChI is InChI=1S/C16H19BrN4/c1-2-15-19-14(17)11-16(20-15)18-12-5-7-13(8-6-12)21-9-3-4-10-21/h5-8,11H,2-4,9-10H2,1H3,(H,18,19,20). The lowest BCUT2D eigenvalue weighted by molar-refractivity contribution is 0.931. The number of nitrogens with zero attached hydrogens (tertiary/aromatic N) is 3. The molecule has 0 atom stereocenters. The highest BCUT2D eigenvalue weighted by molar-refractivity contribution is 9.10. The third kappa shape index (κ3) is 3.53. The summed E-state index contributed by atoms with van der Waals surface area (Å²) in [6.07, 6.45) is 3.42. The minimum Gasteiger partial charge on any atom is -0.372 e. The molecule has 1 aromatic carbocycles. The molecule has 0 aliphatic carbocycles. The number of aryl methyl sites for hydroxylation is 1. The number of benzene rings is 1. The van der Waals surface area contributed by atoms with E-state index in [-0.39, 0.29) is 0 Å². The Bertz CT molecular complexity index is 606. The van der Waals surface area contributed by atoms with Gasteiger partial charge in [-0.15, -0.1) is 0 Å². The lowest BCUT2D eigenvalue weighted by atomic mass is 10.2. The minimum absolute atomic E-state index is 0.811. The van der Waals surface area contributed by atoms with E-state index in [4.69, 9.17) is 0 Å². The molecule has 3 rings (SSSR count). The van der Waals surface area contributed by atoms with Crippen LogP contribution in [0.15, 0.2) is 34.9 Å². The minimum atomic E-state index is 0.811. The normalized spacial score (nSPS) is 14.5. The third-order valence-corrected chi connectivity index (χ3v) is 4.07. The first-order valence-electron chi connectivity index (χ1n) is 7.40. The summed E-state index contributed by atoms with van der Waals surface area (Å²) >= 11 is 3.43. The van der Waals surface area contributed by atoms with Gasteiger partial charge < -0.3 is 10.2 Å². The second kappa shape index (κ2) is 6.43. The first-order chi connectivity index (χ1) is 10.2. The molecule has 0 radical (unpaired) electrons. The molecular formula is C16H19BrN4. The summed E-state index contributed by atoms with van der Waals surface area (Å²) in [5, 5.41) is 3.34. The van der Waals surface area contributed by atoms with E-state index in [1.54, 1.807) is 0 Å². The summed E-state index contributed by atoms with van der Waals surface area (Å²) in [7, 11) is 0. The molecule has 1 aliphatic heterocycles. The molecule has 1 saturated heterocycles. The number of aromatic nitrogens is 2. The van der Waals surface area contributed by atoms with Crippen LogP contribution in [-0.4, -0.2) is 23.1 Å². The van der Waals surface area contributed by atoms with E-state index in [1.165, 1.54) is 31.6 Å². The van der Waals surface area contributed by atoms with Gasteiger partial charge in [0.2, 0.25) is 0 Å². The van der Waals surface area contributed by atoms with E-state index >= 15 is 0 Å². The van der Waals surface area contributed by atoms with Crippen LogP contribution in [0, 0.1) is 0 Å². The monoisotopic (exact) mass is 346 g/mol. The molecule has 2 heterocycles. The van der Waals surface area contributed by atoms with Crippen LogP contribution in [0.4, 0.5) is 17.2 Å². The van der Waals surface area contributed by atoms with Crippen molar-refractivity contribution in [1.29, 1.82) is 0 Å². The Kier molecular flexibility index (Phi) is 4.39. The number of nitrogens with one attached hydrogen (secondary N) is 1. The van der Waals surface area contributed by atoms with Crippen molar-refractivity contribution in [3.8, 4) is 0 Å². The van der Waals surface area contributed by atoms with Crippen LogP contribution in [0.3, 0.4) is 0 Å². The first kappa shape index (κ1) is 14.3. The maximum absolute atomic E-state index is 4.48. The lowest BCUT2D eigenvalue weighted by Crippen LogP contribution is -2.17. The van der Waals surface area contributed by atoms with Crippen molar-refractivity contribution in [2.75, 3.05) is 23.3 Å². The fourth-order valence-electron chi connectivity index (χ4n) is 2.57. The van der Waals surface area contributed by atoms with Crippen LogP contribution in [0.2, 0.25) is 0 Å². The molecule has 0 amide bonds. The second-order valence-corrected chi connectivity index (χ2v) is 6.02. The van der Waals surface area contributed by atoms with Gasteiger partial charge in [-0.3, -0.25) is 0 Å². The zero-order valence-corrected chi connectivity index (χ0v) is 13.7. The number of anilines is 3. The van der Waals surface area contributed by atoms with Gasteiger partial charge in [-0.25, -0.2) is 9.97 Å². The van der Waals surface area contributed by atoms with Crippen LogP contribution in [-0.2, 0) is 6.42 Å². The highest BCUT2D eigenvalue weighted by Crippen LogP contribution is 2.24. The molecule has 4 nitrogen and oxygen atoms in total. The topological polar surface area (TPSA) is 41.1 Å². The molecule has 0 saturated carbocycles. The fraction of sp³-hybridized carbons (Fsp3) is 0.375. The molecule has 1 fully saturated rings. The fourth-order valence-corrected chi connectivity index (χ4v) is 2.99. The summed E-state index contributed by atoms with van der Waals surface area (Å²) in [6.45, 7) is 4.40. The Morgan fingerprint density at radius 1 is 1.14 bits per heavy atom. The second-order valence-electron chi connectivity index (χ2n) is 5.21. The van der Waals surface area contributed by atoms with E-state index in [2.05, 4.69) is 67.3 Å². The Labute approximate surface area is 133 Å². The molecule has 21 heavy (non-hydrogen) atoms. The van der Waals surface area contributed by atoms with Gasteiger partial charge in [0, 0.05) is 37.0 Å². The van der Waals surface area contributed by atoms with Gasteiger partial charge in [-0.05, 0) is 53.0 Å². The predicted molar refractivity (Wildman–Crippen MR) is 90.3 cm³/mol. The molecule has 5 heteroatoms. The van der Waals surface area contributed by atoms with Gasteiger partial charge in [-0.2, -0.15) is 0 Å². The van der Waals surface area contributed by atoms with Crippen molar-refractivity contribution >= 4 is 33.1 Å². The summed E-state index contributed by atoms with van der Waals surface area (Å²) < 4.78 is 0.811. The van der Waals surface area contributed by atoms with Crippen molar-refractivity contribution in [3.63, 3.8) is 0 Å². The van der Waals surface area contributed by atoms with E-state index in [0.29, 0.717) is 0 Å². The van der Waals surface area contributed by atoms with E-state index in [9.17, 15) is 0 Å². The predicted octanol–water partition coefficient (Wildman–Crippen LogP) is 4.15. The molecule has 0 unspecified atom stereocenters. The van der Waals surface area contributed by atoms with E-state index in [0.717, 1.165) is 28.4 Å². The van der Waals surface area contributed by atoms with Crippen LogP contribution in [0.1, 0.15) is 25.6 Å². The molecule has 1 aromatic heterocycles. The first-order valence-corrected chi connectivity index (χ1v) is 8.19. The molecule has 1 N–H and O–H groups in total. The highest BCUT2D eigenvalue weighted by Gasteiger charge is 2.11. The van der Waals surface area contributed by atoms with Crippen molar-refractivity contribution < 1.29 is 0 Å². The van der Waals surface area contributed by atoms with Crippen molar-refractivity contribution in [2.45, 2.75) is 26.2 Å². The Morgan fingerprint density at radius 2 is 1.86 bits per heavy atom. The highest BCUT2D eigenvalue weighted by atomic mass is 79.9. The Morgan fingerprint density at radius 3 is 2.52 bits per heavy atom. The van der Waals surface area contributed by atoms with Gasteiger partial charge in [0.1, 0.15) is 16.2 Å². The third-order valence-electron chi connectivity index (χ3n) is 3.67. The van der Waals surface area contributed by atoms with Crippen LogP contribution < -0.4 is 10.2 Å². The largest absolute Gasteiger partial charge is 0.372 e. The average Bonchev–Trinajstić information content (AvgIpc) is 3.01. The average molecular weight is 347 g/mol. The summed E-state index contributed by atoms with van der Waals surface area (Å²) in [5.41, 5.74) is 2.35. The molecule has 2 aromatic rings. The van der Waals surface area contributed by atoms with Gasteiger partial charge in [0.05, 0.1) is 0 Å². The van der Waals surface area contributed by atoms with E-state index in [1.807, 2.05) is 6.07 Å². The van der Waals surface area contributed by atoms with Gasteiger partial charge in [0.25, 0.3) is 0 Å². The maximum Gasteiger partial charge on any atom is 0.135 e. The van der Waals surface area contributed by atoms with Gasteiger partial charge in [-0.1, -0.05) is 6.92 Å². The number of halogens is 1. The summed E-state index contributed by atoms with van der Waals surface area (Å²) in [6, 6.07) is 10.5. The molecule has 0 spiro atoms. The molecule has 110 valence electrons. The summed E-state index contributed by atoms with van der Waals surface area (Å²) in [4.78, 5) is 11.2. The Hall–Kier alpha value is -1.62.